The normalized spacial score (nSPS) is 9.44. The van der Waals surface area contributed by atoms with Crippen LogP contribution >= 0.6 is 24.8 Å². The Morgan fingerprint density at radius 1 is 1.44 bits per heavy atom. The maximum atomic E-state index is 11.6. The van der Waals surface area contributed by atoms with E-state index in [1.54, 1.807) is 12.1 Å². The Morgan fingerprint density at radius 2 is 2.17 bits per heavy atom. The van der Waals surface area contributed by atoms with Crippen LogP contribution in [-0.2, 0) is 0 Å². The highest BCUT2D eigenvalue weighted by Gasteiger charge is 2.11. The molecule has 0 saturated carbocycles. The number of pyridine rings is 1. The quantitative estimate of drug-likeness (QED) is 0.901. The lowest BCUT2D eigenvalue weighted by Gasteiger charge is -1.98. The molecular formula is C11H15Cl2N3O2. The molecule has 2 rings (SSSR count). The van der Waals surface area contributed by atoms with E-state index in [-0.39, 0.29) is 36.5 Å². The zero-order chi connectivity index (χ0) is 11.5. The van der Waals surface area contributed by atoms with E-state index in [0.29, 0.717) is 24.2 Å². The molecule has 0 unspecified atom stereocenters. The highest BCUT2D eigenvalue weighted by molar-refractivity contribution is 5.95. The van der Waals surface area contributed by atoms with Crippen molar-refractivity contribution in [2.75, 3.05) is 13.1 Å². The largest absolute Gasteiger partial charge is 0.449 e. The third-order valence-corrected chi connectivity index (χ3v) is 2.17. The van der Waals surface area contributed by atoms with Gasteiger partial charge in [0.1, 0.15) is 5.52 Å². The molecule has 2 aromatic heterocycles. The van der Waals surface area contributed by atoms with E-state index >= 15 is 0 Å². The molecule has 0 aromatic carbocycles. The molecule has 0 radical (unpaired) electrons. The van der Waals surface area contributed by atoms with E-state index in [1.807, 2.05) is 13.0 Å². The molecular weight excluding hydrogens is 277 g/mol. The van der Waals surface area contributed by atoms with Crippen molar-refractivity contribution in [3.05, 3.63) is 29.7 Å². The number of carbonyl (C=O) groups excluding carboxylic acids is 1. The van der Waals surface area contributed by atoms with E-state index in [2.05, 4.69) is 10.3 Å². The van der Waals surface area contributed by atoms with E-state index in [4.69, 9.17) is 10.2 Å². The fourth-order valence-corrected chi connectivity index (χ4v) is 1.41. The highest BCUT2D eigenvalue weighted by atomic mass is 35.5. The Kier molecular flexibility index (Phi) is 6.68. The number of aromatic nitrogens is 1. The van der Waals surface area contributed by atoms with Crippen LogP contribution in [0.5, 0.6) is 0 Å². The van der Waals surface area contributed by atoms with Gasteiger partial charge in [0.2, 0.25) is 0 Å². The summed E-state index contributed by atoms with van der Waals surface area (Å²) in [6, 6.07) is 5.28. The molecule has 1 amide bonds. The molecule has 0 fully saturated rings. The number of fused-ring (bicyclic) bond motifs is 1. The smallest absolute Gasteiger partial charge is 0.287 e. The number of nitrogens with one attached hydrogen (secondary N) is 1. The number of furan rings is 1. The van der Waals surface area contributed by atoms with E-state index in [1.165, 1.54) is 0 Å². The summed E-state index contributed by atoms with van der Waals surface area (Å²) in [5.41, 5.74) is 7.49. The zero-order valence-electron chi connectivity index (χ0n) is 9.80. The van der Waals surface area contributed by atoms with Gasteiger partial charge in [0.25, 0.3) is 5.91 Å². The van der Waals surface area contributed by atoms with Gasteiger partial charge < -0.3 is 15.5 Å². The number of rotatable bonds is 3. The van der Waals surface area contributed by atoms with Gasteiger partial charge >= 0.3 is 0 Å². The summed E-state index contributed by atoms with van der Waals surface area (Å²) < 4.78 is 5.37. The topological polar surface area (TPSA) is 81.2 Å². The van der Waals surface area contributed by atoms with Gasteiger partial charge in [0.05, 0.1) is 0 Å². The first-order valence-corrected chi connectivity index (χ1v) is 5.06. The number of halogens is 2. The minimum atomic E-state index is -0.263. The van der Waals surface area contributed by atoms with Gasteiger partial charge in [-0.05, 0) is 19.1 Å². The van der Waals surface area contributed by atoms with Crippen LogP contribution in [0.1, 0.15) is 16.2 Å². The number of carbonyl (C=O) groups is 1. The molecule has 0 spiro atoms. The first kappa shape index (κ1) is 16.7. The number of aryl methyl sites for hydroxylation is 1. The van der Waals surface area contributed by atoms with Crippen molar-refractivity contribution in [3.63, 3.8) is 0 Å². The molecule has 0 aliphatic heterocycles. The minimum absolute atomic E-state index is 0. The molecule has 3 N–H and O–H groups in total. The molecule has 0 atom stereocenters. The standard InChI is InChI=1S/C11H13N3O2.2ClH/c1-7-2-3-9-8(14-7)6-10(16-9)11(15)13-5-4-12;;/h2-3,6H,4-5,12H2,1H3,(H,13,15);2*1H. The molecule has 7 heteroatoms. The van der Waals surface area contributed by atoms with E-state index < -0.39 is 0 Å². The fourth-order valence-electron chi connectivity index (χ4n) is 1.41. The van der Waals surface area contributed by atoms with Crippen LogP contribution in [0, 0.1) is 6.92 Å². The van der Waals surface area contributed by atoms with Crippen molar-refractivity contribution in [2.24, 2.45) is 5.73 Å². The first-order chi connectivity index (χ1) is 7.70. The number of hydrogen-bond donors (Lipinski definition) is 2. The number of amides is 1. The first-order valence-electron chi connectivity index (χ1n) is 5.06. The summed E-state index contributed by atoms with van der Waals surface area (Å²) in [6.07, 6.45) is 0. The second kappa shape index (κ2) is 7.20. The van der Waals surface area contributed by atoms with Gasteiger partial charge in [-0.3, -0.25) is 4.79 Å². The maximum Gasteiger partial charge on any atom is 0.287 e. The lowest BCUT2D eigenvalue weighted by Crippen LogP contribution is -2.28. The lowest BCUT2D eigenvalue weighted by atomic mass is 10.3. The molecule has 0 aliphatic carbocycles. The van der Waals surface area contributed by atoms with Crippen molar-refractivity contribution < 1.29 is 9.21 Å². The highest BCUT2D eigenvalue weighted by Crippen LogP contribution is 2.17. The second-order valence-corrected chi connectivity index (χ2v) is 3.49. The summed E-state index contributed by atoms with van der Waals surface area (Å²) in [7, 11) is 0. The molecule has 18 heavy (non-hydrogen) atoms. The summed E-state index contributed by atoms with van der Waals surface area (Å²) in [6.45, 7) is 2.73. The van der Waals surface area contributed by atoms with Crippen LogP contribution in [0.2, 0.25) is 0 Å². The fraction of sp³-hybridized carbons (Fsp3) is 0.273. The van der Waals surface area contributed by atoms with Gasteiger partial charge in [-0.15, -0.1) is 24.8 Å². The molecule has 0 aliphatic rings. The average Bonchev–Trinajstić information content (AvgIpc) is 2.68. The SMILES string of the molecule is Cc1ccc2oc(C(=O)NCCN)cc2n1.Cl.Cl. The van der Waals surface area contributed by atoms with Crippen molar-refractivity contribution in [3.8, 4) is 0 Å². The van der Waals surface area contributed by atoms with Crippen LogP contribution in [0.3, 0.4) is 0 Å². The lowest BCUT2D eigenvalue weighted by molar-refractivity contribution is 0.0929. The maximum absolute atomic E-state index is 11.6. The minimum Gasteiger partial charge on any atom is -0.449 e. The van der Waals surface area contributed by atoms with Crippen LogP contribution in [0.15, 0.2) is 22.6 Å². The molecule has 0 saturated heterocycles. The van der Waals surface area contributed by atoms with Crippen LogP contribution in [0.25, 0.3) is 11.1 Å². The van der Waals surface area contributed by atoms with Crippen LogP contribution in [0.4, 0.5) is 0 Å². The van der Waals surface area contributed by atoms with Gasteiger partial charge in [-0.1, -0.05) is 0 Å². The Hall–Kier alpha value is -1.30. The summed E-state index contributed by atoms with van der Waals surface area (Å²) in [4.78, 5) is 15.8. The number of nitrogens with zero attached hydrogens (tertiary/aromatic N) is 1. The molecule has 2 aromatic rings. The summed E-state index contributed by atoms with van der Waals surface area (Å²) in [5.74, 6) is 0.00246. The Balaban J connectivity index is 0.00000144. The van der Waals surface area contributed by atoms with Crippen molar-refractivity contribution >= 4 is 41.8 Å². The molecule has 2 heterocycles. The Bertz CT molecular complexity index is 528. The zero-order valence-corrected chi connectivity index (χ0v) is 11.4. The number of hydrogen-bond acceptors (Lipinski definition) is 4. The third-order valence-electron chi connectivity index (χ3n) is 2.17. The van der Waals surface area contributed by atoms with E-state index in [0.717, 1.165) is 5.69 Å². The van der Waals surface area contributed by atoms with Crippen molar-refractivity contribution in [1.29, 1.82) is 0 Å². The van der Waals surface area contributed by atoms with Crippen LogP contribution < -0.4 is 11.1 Å². The van der Waals surface area contributed by atoms with Gasteiger partial charge in [-0.2, -0.15) is 0 Å². The van der Waals surface area contributed by atoms with Gasteiger partial charge in [-0.25, -0.2) is 4.98 Å². The molecule has 0 bridgehead atoms. The molecule has 100 valence electrons. The summed E-state index contributed by atoms with van der Waals surface area (Å²) >= 11 is 0. The molecule has 5 nitrogen and oxygen atoms in total. The van der Waals surface area contributed by atoms with Crippen molar-refractivity contribution in [1.82, 2.24) is 10.3 Å². The Labute approximate surface area is 117 Å². The van der Waals surface area contributed by atoms with Crippen LogP contribution in [-0.4, -0.2) is 24.0 Å². The van der Waals surface area contributed by atoms with Gasteiger partial charge in [0.15, 0.2) is 11.3 Å². The van der Waals surface area contributed by atoms with Gasteiger partial charge in [0, 0.05) is 24.8 Å². The number of nitrogens with two attached hydrogens (primary N) is 1. The Morgan fingerprint density at radius 3 is 2.83 bits per heavy atom. The predicted octanol–water partition coefficient (Wildman–Crippen LogP) is 1.67. The predicted molar refractivity (Wildman–Crippen MR) is 74.6 cm³/mol. The second-order valence-electron chi connectivity index (χ2n) is 3.49. The third kappa shape index (κ3) is 3.60. The van der Waals surface area contributed by atoms with Crippen molar-refractivity contribution in [2.45, 2.75) is 6.92 Å². The van der Waals surface area contributed by atoms with E-state index in [9.17, 15) is 4.79 Å². The average molecular weight is 292 g/mol. The summed E-state index contributed by atoms with van der Waals surface area (Å²) in [5, 5.41) is 2.64. The monoisotopic (exact) mass is 291 g/mol.